The maximum Gasteiger partial charge on any atom is 0.137 e. The number of hydrogen-bond donors (Lipinski definition) is 1. The van der Waals surface area contributed by atoms with E-state index in [4.69, 9.17) is 9.47 Å². The van der Waals surface area contributed by atoms with Gasteiger partial charge in [-0.25, -0.2) is 4.98 Å². The van der Waals surface area contributed by atoms with Crippen LogP contribution >= 0.6 is 0 Å². The molecule has 1 N–H and O–H groups in total. The Bertz CT molecular complexity index is 648. The van der Waals surface area contributed by atoms with Gasteiger partial charge >= 0.3 is 0 Å². The highest BCUT2D eigenvalue weighted by atomic mass is 16.6. The third kappa shape index (κ3) is 3.44. The number of imidazole rings is 1. The molecule has 6 nitrogen and oxygen atoms in total. The van der Waals surface area contributed by atoms with Crippen LogP contribution in [0.2, 0.25) is 0 Å². The first-order chi connectivity index (χ1) is 11.7. The van der Waals surface area contributed by atoms with E-state index >= 15 is 0 Å². The molecule has 2 fully saturated rings. The van der Waals surface area contributed by atoms with E-state index in [0.29, 0.717) is 18.6 Å². The summed E-state index contributed by atoms with van der Waals surface area (Å²) < 4.78 is 12.3. The largest absolute Gasteiger partial charge is 0.489 e. The van der Waals surface area contributed by atoms with Crippen molar-refractivity contribution in [3.8, 4) is 5.75 Å². The summed E-state index contributed by atoms with van der Waals surface area (Å²) in [5, 5.41) is 0. The summed E-state index contributed by atoms with van der Waals surface area (Å²) in [4.78, 5) is 13.9. The van der Waals surface area contributed by atoms with Gasteiger partial charge in [0.2, 0.25) is 0 Å². The topological polar surface area (TPSA) is 63.3 Å². The molecule has 0 radical (unpaired) electrons. The second kappa shape index (κ2) is 6.53. The van der Waals surface area contributed by atoms with Gasteiger partial charge < -0.3 is 14.5 Å². The number of piperidine rings is 1. The SMILES string of the molecule is C[C@]1(COc2cccnc2)C[C@@H]2CN(Cc3cnc[nH]3)CC[C@@H]2O1. The van der Waals surface area contributed by atoms with Gasteiger partial charge in [-0.3, -0.25) is 9.88 Å². The van der Waals surface area contributed by atoms with E-state index in [-0.39, 0.29) is 5.60 Å². The molecule has 4 heterocycles. The van der Waals surface area contributed by atoms with E-state index in [9.17, 15) is 0 Å². The van der Waals surface area contributed by atoms with Crippen LogP contribution in [0.4, 0.5) is 0 Å². The Hall–Kier alpha value is -1.92. The highest BCUT2D eigenvalue weighted by Gasteiger charge is 2.46. The fourth-order valence-electron chi connectivity index (χ4n) is 3.92. The van der Waals surface area contributed by atoms with E-state index in [1.54, 1.807) is 18.7 Å². The zero-order valence-corrected chi connectivity index (χ0v) is 14.0. The van der Waals surface area contributed by atoms with Gasteiger partial charge in [0, 0.05) is 43.6 Å². The lowest BCUT2D eigenvalue weighted by molar-refractivity contribution is -0.0698. The smallest absolute Gasteiger partial charge is 0.137 e. The van der Waals surface area contributed by atoms with E-state index in [1.807, 2.05) is 18.3 Å². The molecule has 2 aromatic rings. The second-order valence-electron chi connectivity index (χ2n) is 7.15. The van der Waals surface area contributed by atoms with Crippen molar-refractivity contribution < 1.29 is 9.47 Å². The lowest BCUT2D eigenvalue weighted by Gasteiger charge is -2.33. The van der Waals surface area contributed by atoms with Crippen molar-refractivity contribution in [2.75, 3.05) is 19.7 Å². The first kappa shape index (κ1) is 15.6. The number of aromatic nitrogens is 3. The summed E-state index contributed by atoms with van der Waals surface area (Å²) in [5.41, 5.74) is 0.963. The quantitative estimate of drug-likeness (QED) is 0.912. The van der Waals surface area contributed by atoms with Gasteiger partial charge in [0.05, 0.1) is 18.6 Å². The molecule has 24 heavy (non-hydrogen) atoms. The Morgan fingerprint density at radius 2 is 2.38 bits per heavy atom. The molecule has 4 rings (SSSR count). The van der Waals surface area contributed by atoms with E-state index in [0.717, 1.165) is 38.2 Å². The molecular formula is C18H24N4O2. The van der Waals surface area contributed by atoms with Crippen LogP contribution in [0.25, 0.3) is 0 Å². The summed E-state index contributed by atoms with van der Waals surface area (Å²) >= 11 is 0. The van der Waals surface area contributed by atoms with E-state index in [1.165, 1.54) is 5.69 Å². The fraction of sp³-hybridized carbons (Fsp3) is 0.556. The van der Waals surface area contributed by atoms with Crippen molar-refractivity contribution >= 4 is 0 Å². The van der Waals surface area contributed by atoms with Crippen LogP contribution < -0.4 is 4.74 Å². The number of likely N-dealkylation sites (tertiary alicyclic amines) is 1. The van der Waals surface area contributed by atoms with Gasteiger partial charge in [0.15, 0.2) is 0 Å². The van der Waals surface area contributed by atoms with Gasteiger partial charge in [-0.2, -0.15) is 0 Å². The summed E-state index contributed by atoms with van der Waals surface area (Å²) in [6, 6.07) is 3.82. The summed E-state index contributed by atoms with van der Waals surface area (Å²) in [7, 11) is 0. The molecule has 0 saturated carbocycles. The van der Waals surface area contributed by atoms with Crippen LogP contribution in [0.5, 0.6) is 5.75 Å². The van der Waals surface area contributed by atoms with Gasteiger partial charge in [-0.1, -0.05) is 0 Å². The molecule has 0 amide bonds. The summed E-state index contributed by atoms with van der Waals surface area (Å²) in [6.45, 7) is 5.82. The molecule has 3 atom stereocenters. The second-order valence-corrected chi connectivity index (χ2v) is 7.15. The molecule has 6 heteroatoms. The van der Waals surface area contributed by atoms with E-state index < -0.39 is 0 Å². The standard InChI is InChI=1S/C18H24N4O2/c1-18(12-23-16-3-2-5-19-9-16)7-14-10-22(6-4-17(14)24-18)11-15-8-20-13-21-15/h2-3,5,8-9,13-14,17H,4,6-7,10-12H2,1H3,(H,20,21)/t14-,17+,18-/m1/s1. The van der Waals surface area contributed by atoms with Gasteiger partial charge in [0.25, 0.3) is 0 Å². The average molecular weight is 328 g/mol. The molecule has 128 valence electrons. The fourth-order valence-corrected chi connectivity index (χ4v) is 3.92. The van der Waals surface area contributed by atoms with Crippen molar-refractivity contribution in [2.45, 2.75) is 38.0 Å². The number of rotatable bonds is 5. The number of fused-ring (bicyclic) bond motifs is 1. The van der Waals surface area contributed by atoms with Crippen LogP contribution in [0, 0.1) is 5.92 Å². The highest BCUT2D eigenvalue weighted by molar-refractivity contribution is 5.15. The van der Waals surface area contributed by atoms with Crippen molar-refractivity contribution in [3.63, 3.8) is 0 Å². The minimum absolute atomic E-state index is 0.213. The Kier molecular flexibility index (Phi) is 4.24. The Morgan fingerprint density at radius 1 is 1.42 bits per heavy atom. The Labute approximate surface area is 142 Å². The Morgan fingerprint density at radius 3 is 3.17 bits per heavy atom. The molecule has 2 aliphatic heterocycles. The molecule has 2 saturated heterocycles. The van der Waals surface area contributed by atoms with Crippen LogP contribution in [-0.2, 0) is 11.3 Å². The predicted molar refractivity (Wildman–Crippen MR) is 89.6 cm³/mol. The third-order valence-corrected chi connectivity index (χ3v) is 5.01. The lowest BCUT2D eigenvalue weighted by atomic mass is 9.89. The molecule has 0 spiro atoms. The third-order valence-electron chi connectivity index (χ3n) is 5.01. The molecule has 0 aliphatic carbocycles. The Balaban J connectivity index is 1.33. The normalized spacial score (nSPS) is 30.2. The number of pyridine rings is 1. The predicted octanol–water partition coefficient (Wildman–Crippen LogP) is 2.25. The number of nitrogens with zero attached hydrogens (tertiary/aromatic N) is 3. The number of ether oxygens (including phenoxy) is 2. The first-order valence-electron chi connectivity index (χ1n) is 8.60. The maximum atomic E-state index is 6.37. The number of nitrogens with one attached hydrogen (secondary N) is 1. The van der Waals surface area contributed by atoms with Crippen LogP contribution in [0.15, 0.2) is 37.1 Å². The van der Waals surface area contributed by atoms with Crippen LogP contribution in [0.1, 0.15) is 25.5 Å². The molecule has 2 aromatic heterocycles. The maximum absolute atomic E-state index is 6.37. The number of hydrogen-bond acceptors (Lipinski definition) is 5. The average Bonchev–Trinajstić information content (AvgIpc) is 3.21. The van der Waals surface area contributed by atoms with Crippen molar-refractivity contribution in [1.29, 1.82) is 0 Å². The molecular weight excluding hydrogens is 304 g/mol. The molecule has 2 aliphatic rings. The van der Waals surface area contributed by atoms with Gasteiger partial charge in [-0.15, -0.1) is 0 Å². The molecule has 0 aromatic carbocycles. The zero-order valence-electron chi connectivity index (χ0n) is 14.0. The molecule has 0 bridgehead atoms. The first-order valence-corrected chi connectivity index (χ1v) is 8.60. The van der Waals surface area contributed by atoms with Crippen LogP contribution in [0.3, 0.4) is 0 Å². The van der Waals surface area contributed by atoms with Gasteiger partial charge in [0.1, 0.15) is 18.0 Å². The lowest BCUT2D eigenvalue weighted by Crippen LogP contribution is -2.40. The summed E-state index contributed by atoms with van der Waals surface area (Å²) in [5.74, 6) is 1.38. The molecule has 0 unspecified atom stereocenters. The zero-order chi connectivity index (χ0) is 16.4. The van der Waals surface area contributed by atoms with Gasteiger partial charge in [-0.05, 0) is 31.9 Å². The van der Waals surface area contributed by atoms with Crippen LogP contribution in [-0.4, -0.2) is 51.3 Å². The minimum atomic E-state index is -0.213. The minimum Gasteiger partial charge on any atom is -0.489 e. The summed E-state index contributed by atoms with van der Waals surface area (Å²) in [6.07, 6.45) is 9.63. The monoisotopic (exact) mass is 328 g/mol. The highest BCUT2D eigenvalue weighted by Crippen LogP contribution is 2.39. The van der Waals surface area contributed by atoms with Crippen molar-refractivity contribution in [3.05, 3.63) is 42.7 Å². The van der Waals surface area contributed by atoms with Crippen molar-refractivity contribution in [2.24, 2.45) is 5.92 Å². The number of aromatic amines is 1. The van der Waals surface area contributed by atoms with E-state index in [2.05, 4.69) is 26.8 Å². The van der Waals surface area contributed by atoms with Crippen molar-refractivity contribution in [1.82, 2.24) is 19.9 Å². The number of H-pyrrole nitrogens is 1.